The molecule has 0 radical (unpaired) electrons. The Morgan fingerprint density at radius 2 is 0.847 bits per heavy atom. The number of carboxylic acid groups (broad SMARTS) is 6. The molecule has 45 heteroatoms. The van der Waals surface area contributed by atoms with Crippen LogP contribution in [0.1, 0.15) is 116 Å². The Morgan fingerprint density at radius 3 is 1.30 bits per heavy atom. The number of phenolic OH excluding ortho intramolecular Hbond substituents is 1. The average Bonchev–Trinajstić information content (AvgIpc) is 1.73. The molecule has 612 valence electrons. The molecule has 2 aliphatic heterocycles. The molecule has 0 aliphatic carbocycles. The number of hydrogen-bond donors (Lipinski definition) is 23. The lowest BCUT2D eigenvalue weighted by Gasteiger charge is -2.31. The van der Waals surface area contributed by atoms with Crippen molar-refractivity contribution in [2.24, 2.45) is 11.7 Å². The maximum Gasteiger partial charge on any atom is 0.613 e. The van der Waals surface area contributed by atoms with Crippen LogP contribution in [0.4, 0.5) is 0 Å². The number of carboxylic acids is 6. The number of benzene rings is 2. The number of aromatic hydroxyl groups is 1. The van der Waals surface area contributed by atoms with Gasteiger partial charge in [-0.1, -0.05) is 38.1 Å². The van der Waals surface area contributed by atoms with Gasteiger partial charge in [0, 0.05) is 45.2 Å². The van der Waals surface area contributed by atoms with E-state index in [9.17, 15) is 137 Å². The summed E-state index contributed by atoms with van der Waals surface area (Å²) in [4.78, 5) is 268. The first kappa shape index (κ1) is 92.1. The standard InChI is InChI=1S/C66H92N13O31P/c1-30(2)52(76-57(96)39(18-21-48(85)86)70-63(102)53(32(4)81)77-55(94)37(67)27-50(89)90)62(101)73-42(25-33-9-13-35(82)14-10-33)59(98)69-38(17-20-47(83)84)56(95)75-44(29-80)65(104)79-24-6-8-46(79)61(100)72-41(26-34-11-15-36(16-12-34)110-111(107,108)109)58(97)68-31(3)54(93)74-43(28-51(91)92)64(103)78-23-5-7-45(78)60(99)71-40(66(105)106)19-22-49(87)88/h9-16,30-32,37-46,52-53,80-81,107-109H,5-8,17-29,67H2,1-4H3,(H16-,68,69,70,71,72,73,74,75,76,77,82,83,84,85,86,87,88,89,90,91,92,93,94,95,96,97,98,99,100,101,102,105,106)/p+1/t31-,32+,37-,38-,39-,40-,41-,42-,43-,44-,45-,46-,52-,53-/m0/s1. The molecule has 0 unspecified atom stereocenters. The summed E-state index contributed by atoms with van der Waals surface area (Å²) in [5, 5.41) is 111. The van der Waals surface area contributed by atoms with Gasteiger partial charge in [-0.3, -0.25) is 86.0 Å². The smallest absolute Gasteiger partial charge is 0.508 e. The van der Waals surface area contributed by atoms with Gasteiger partial charge in [0.2, 0.25) is 70.9 Å². The zero-order valence-electron chi connectivity index (χ0n) is 60.3. The summed E-state index contributed by atoms with van der Waals surface area (Å²) in [5.41, 5.74) is 5.99. The Bertz CT molecular complexity index is 3730. The second kappa shape index (κ2) is 43.2. The van der Waals surface area contributed by atoms with Crippen molar-refractivity contribution in [3.05, 3.63) is 59.7 Å². The molecule has 24 N–H and O–H groups in total. The number of aliphatic hydroxyl groups is 2. The maximum absolute atomic E-state index is 14.6. The Hall–Kier alpha value is -11.3. The maximum atomic E-state index is 14.6. The number of rotatable bonds is 45. The van der Waals surface area contributed by atoms with E-state index in [2.05, 4.69) is 53.2 Å². The van der Waals surface area contributed by atoms with Gasteiger partial charge in [0.15, 0.2) is 5.75 Å². The van der Waals surface area contributed by atoms with Crippen LogP contribution >= 0.6 is 8.17 Å². The van der Waals surface area contributed by atoms with E-state index in [4.69, 9.17) is 20.5 Å². The number of hydrogen-bond acceptors (Lipinski definition) is 26. The summed E-state index contributed by atoms with van der Waals surface area (Å²) in [6.07, 6.45) is -9.00. The molecule has 2 aromatic carbocycles. The van der Waals surface area contributed by atoms with Crippen LogP contribution in [0, 0.1) is 5.92 Å². The first-order valence-electron chi connectivity index (χ1n) is 34.5. The molecule has 0 saturated carbocycles. The molecule has 0 spiro atoms. The van der Waals surface area contributed by atoms with Crippen LogP contribution in [0.2, 0.25) is 0 Å². The predicted octanol–water partition coefficient (Wildman–Crippen LogP) is -6.95. The van der Waals surface area contributed by atoms with Crippen molar-refractivity contribution < 1.29 is 151 Å². The van der Waals surface area contributed by atoms with Gasteiger partial charge in [0.05, 0.1) is 31.6 Å². The number of amides is 12. The molecule has 12 amide bonds. The highest BCUT2D eigenvalue weighted by Crippen LogP contribution is 2.46. The molecule has 44 nitrogen and oxygen atoms in total. The minimum atomic E-state index is -4.85. The molecular formula is C66H93N13O31P+. The topological polar surface area (TPSA) is 712 Å². The van der Waals surface area contributed by atoms with Gasteiger partial charge in [-0.15, -0.1) is 0 Å². The average molecular weight is 1600 g/mol. The SMILES string of the molecule is CC(C)[C@H](NC(=O)[C@H](CCC(=O)O)NC(=O)[C@@H](NC(=O)[C@@H](N)CC(=O)O)[C@@H](C)O)C(=O)N[C@@H](Cc1ccc(O)cc1)C(=O)N[C@@H](CCC(=O)O)C(=O)N[C@@H](CO)C(=O)N1CCC[C@H]1C(=O)N[C@@H](Cc1ccc(O[P+](O)(O)O)cc1)C(=O)N[C@@H](C)C(=O)N[C@@H](CC(=O)O)C(=O)N1CCC[C@H]1C(=O)N[C@@H](CCC(=O)O)C(=O)O. The lowest BCUT2D eigenvalue weighted by Crippen LogP contribution is -2.62. The first-order chi connectivity index (χ1) is 51.9. The fourth-order valence-corrected chi connectivity index (χ4v) is 11.9. The minimum absolute atomic E-state index is 0.0551. The van der Waals surface area contributed by atoms with E-state index < -0.39 is 276 Å². The number of phenols is 1. The van der Waals surface area contributed by atoms with Crippen molar-refractivity contribution in [1.29, 1.82) is 0 Å². The Kier molecular flexibility index (Phi) is 35.8. The lowest BCUT2D eigenvalue weighted by atomic mass is 9.99. The van der Waals surface area contributed by atoms with Crippen molar-refractivity contribution in [2.75, 3.05) is 19.7 Å². The highest BCUT2D eigenvalue weighted by atomic mass is 31.2. The second-order valence-corrected chi connectivity index (χ2v) is 27.6. The zero-order chi connectivity index (χ0) is 83.5. The third-order valence-corrected chi connectivity index (χ3v) is 17.8. The van der Waals surface area contributed by atoms with Crippen molar-refractivity contribution in [3.63, 3.8) is 0 Å². The number of nitrogens with one attached hydrogen (secondary N) is 10. The quantitative estimate of drug-likeness (QED) is 0.0274. The molecule has 111 heavy (non-hydrogen) atoms. The summed E-state index contributed by atoms with van der Waals surface area (Å²) in [7, 11) is -4.85. The number of carbonyl (C=O) groups is 18. The van der Waals surface area contributed by atoms with Crippen LogP contribution in [0.25, 0.3) is 0 Å². The second-order valence-electron chi connectivity index (χ2n) is 26.4. The van der Waals surface area contributed by atoms with Gasteiger partial charge in [-0.2, -0.15) is 14.7 Å². The van der Waals surface area contributed by atoms with Crippen LogP contribution < -0.4 is 63.4 Å². The van der Waals surface area contributed by atoms with Gasteiger partial charge in [-0.05, 0) is 100 Å². The van der Waals surface area contributed by atoms with E-state index in [1.165, 1.54) is 50.2 Å². The van der Waals surface area contributed by atoms with Crippen molar-refractivity contribution in [2.45, 2.75) is 202 Å². The number of likely N-dealkylation sites (tertiary alicyclic amines) is 2. The largest absolute Gasteiger partial charge is 0.613 e. The van der Waals surface area contributed by atoms with Crippen LogP contribution in [-0.2, 0) is 99.1 Å². The third-order valence-electron chi connectivity index (χ3n) is 17.3. The molecule has 2 aromatic rings. The zero-order valence-corrected chi connectivity index (χ0v) is 61.2. The third kappa shape index (κ3) is 30.2. The molecule has 0 aromatic heterocycles. The Morgan fingerprint density at radius 1 is 0.459 bits per heavy atom. The van der Waals surface area contributed by atoms with Crippen LogP contribution in [0.5, 0.6) is 11.5 Å². The van der Waals surface area contributed by atoms with Crippen LogP contribution in [0.15, 0.2) is 48.5 Å². The summed E-state index contributed by atoms with van der Waals surface area (Å²) >= 11 is 0. The number of aliphatic hydroxyl groups excluding tert-OH is 2. The highest BCUT2D eigenvalue weighted by Gasteiger charge is 2.44. The number of nitrogens with two attached hydrogens (primary N) is 1. The summed E-state index contributed by atoms with van der Waals surface area (Å²) in [5.74, 6) is -24.7. The fraction of sp³-hybridized carbons (Fsp3) is 0.545. The van der Waals surface area contributed by atoms with Gasteiger partial charge in [-0.25, -0.2) is 4.79 Å². The molecule has 0 bridgehead atoms. The van der Waals surface area contributed by atoms with Crippen LogP contribution in [-0.4, -0.2) is 281 Å². The number of nitrogens with zero attached hydrogens (tertiary/aromatic N) is 2. The molecule has 2 aliphatic rings. The molecule has 2 fully saturated rings. The molecule has 14 atom stereocenters. The van der Waals surface area contributed by atoms with E-state index in [-0.39, 0.29) is 61.4 Å². The highest BCUT2D eigenvalue weighted by molar-refractivity contribution is 7.53. The predicted molar refractivity (Wildman–Crippen MR) is 375 cm³/mol. The Balaban J connectivity index is 1.60. The van der Waals surface area contributed by atoms with Gasteiger partial charge < -0.3 is 115 Å². The molecule has 2 saturated heterocycles. The monoisotopic (exact) mass is 1590 g/mol. The van der Waals surface area contributed by atoms with Crippen LogP contribution in [0.3, 0.4) is 0 Å². The summed E-state index contributed by atoms with van der Waals surface area (Å²) < 4.78 is 4.70. The normalized spacial score (nSPS) is 17.3. The van der Waals surface area contributed by atoms with Crippen molar-refractivity contribution >= 4 is 115 Å². The lowest BCUT2D eigenvalue weighted by molar-refractivity contribution is -0.147. The van der Waals surface area contributed by atoms with Crippen molar-refractivity contribution in [3.8, 4) is 11.5 Å². The van der Waals surface area contributed by atoms with Gasteiger partial charge in [0.25, 0.3) is 0 Å². The fourth-order valence-electron chi connectivity index (χ4n) is 11.5. The van der Waals surface area contributed by atoms with E-state index in [1.807, 2.05) is 0 Å². The number of carbonyl (C=O) groups excluding carboxylic acids is 12. The molecular weight excluding hydrogens is 1500 g/mol. The van der Waals surface area contributed by atoms with Gasteiger partial charge >= 0.3 is 44.0 Å². The Labute approximate surface area is 632 Å². The van der Waals surface area contributed by atoms with E-state index >= 15 is 0 Å². The van der Waals surface area contributed by atoms with E-state index in [1.54, 1.807) is 0 Å². The van der Waals surface area contributed by atoms with E-state index in [0.29, 0.717) is 0 Å². The molecule has 4 rings (SSSR count). The van der Waals surface area contributed by atoms with Gasteiger partial charge in [0.1, 0.15) is 78.3 Å². The summed E-state index contributed by atoms with van der Waals surface area (Å²) in [6.45, 7) is 3.27. The number of aliphatic carboxylic acids is 6. The summed E-state index contributed by atoms with van der Waals surface area (Å²) in [6, 6.07) is -13.1. The van der Waals surface area contributed by atoms with Crippen molar-refractivity contribution in [1.82, 2.24) is 63.0 Å². The first-order valence-corrected chi connectivity index (χ1v) is 36.1. The minimum Gasteiger partial charge on any atom is -0.508 e. The molecule has 2 heterocycles. The van der Waals surface area contributed by atoms with E-state index in [0.717, 1.165) is 35.8 Å².